The van der Waals surface area contributed by atoms with Crippen LogP contribution in [-0.2, 0) is 37.6 Å². The third-order valence-corrected chi connectivity index (χ3v) is 8.18. The Hall–Kier alpha value is -5.52. The number of carbonyl (C=O) groups excluding carboxylic acids is 4. The fraction of sp³-hybridized carbons (Fsp3) is 0.306. The van der Waals surface area contributed by atoms with Crippen LogP contribution in [-0.4, -0.2) is 70.8 Å². The molecule has 11 nitrogen and oxygen atoms in total. The molecule has 1 fully saturated rings. The zero-order valence-corrected chi connectivity index (χ0v) is 26.8. The maximum absolute atomic E-state index is 14.1. The van der Waals surface area contributed by atoms with Crippen molar-refractivity contribution in [1.82, 2.24) is 25.5 Å². The van der Waals surface area contributed by atoms with E-state index in [1.165, 1.54) is 23.4 Å². The van der Waals surface area contributed by atoms with Crippen molar-refractivity contribution in [2.75, 3.05) is 20.2 Å². The van der Waals surface area contributed by atoms with E-state index in [9.17, 15) is 23.6 Å². The zero-order chi connectivity index (χ0) is 34.1. The van der Waals surface area contributed by atoms with Crippen LogP contribution < -0.4 is 15.4 Å². The van der Waals surface area contributed by atoms with Crippen LogP contribution in [0.1, 0.15) is 46.9 Å². The van der Waals surface area contributed by atoms with Gasteiger partial charge in [-0.05, 0) is 53.9 Å². The number of aromatic nitrogens is 2. The van der Waals surface area contributed by atoms with E-state index in [0.717, 1.165) is 5.56 Å². The summed E-state index contributed by atoms with van der Waals surface area (Å²) >= 11 is 0. The van der Waals surface area contributed by atoms with Gasteiger partial charge in [0, 0.05) is 31.0 Å². The lowest BCUT2D eigenvalue weighted by Gasteiger charge is -2.50. The van der Waals surface area contributed by atoms with Crippen LogP contribution in [0.5, 0.6) is 5.75 Å². The molecule has 0 unspecified atom stereocenters. The van der Waals surface area contributed by atoms with Crippen LogP contribution in [0, 0.1) is 5.82 Å². The Bertz CT molecular complexity index is 1690. The van der Waals surface area contributed by atoms with Crippen LogP contribution in [0.3, 0.4) is 0 Å². The number of carbonyl (C=O) groups is 4. The largest absolute Gasteiger partial charge is 0.497 e. The summed E-state index contributed by atoms with van der Waals surface area (Å²) < 4.78 is 24.9. The van der Waals surface area contributed by atoms with Crippen LogP contribution in [0.2, 0.25) is 0 Å². The summed E-state index contributed by atoms with van der Waals surface area (Å²) in [5.74, 6) is -1.66. The van der Waals surface area contributed by atoms with Crippen LogP contribution in [0.25, 0.3) is 0 Å². The van der Waals surface area contributed by atoms with Crippen LogP contribution in [0.4, 0.5) is 4.39 Å². The molecule has 1 aliphatic rings. The van der Waals surface area contributed by atoms with Crippen LogP contribution in [0.15, 0.2) is 91.4 Å². The van der Waals surface area contributed by atoms with Gasteiger partial charge < -0.3 is 30.0 Å². The maximum Gasteiger partial charge on any atom is 0.306 e. The summed E-state index contributed by atoms with van der Waals surface area (Å²) in [6.07, 6.45) is 4.08. The molecule has 3 N–H and O–H groups in total. The summed E-state index contributed by atoms with van der Waals surface area (Å²) in [5.41, 5.74) is 1.08. The van der Waals surface area contributed by atoms with Gasteiger partial charge in [-0.25, -0.2) is 9.37 Å². The average molecular weight is 656 g/mol. The number of aromatic amines is 1. The van der Waals surface area contributed by atoms with Crippen molar-refractivity contribution in [2.45, 2.75) is 50.3 Å². The van der Waals surface area contributed by atoms with Crippen molar-refractivity contribution < 1.29 is 33.0 Å². The molecule has 0 aliphatic carbocycles. The Morgan fingerprint density at radius 3 is 2.27 bits per heavy atom. The van der Waals surface area contributed by atoms with Crippen molar-refractivity contribution in [3.05, 3.63) is 120 Å². The number of imidazole rings is 1. The molecule has 0 spiro atoms. The van der Waals surface area contributed by atoms with Gasteiger partial charge in [0.2, 0.25) is 11.8 Å². The number of nitrogens with one attached hydrogen (secondary N) is 3. The Labute approximate surface area is 277 Å². The van der Waals surface area contributed by atoms with Crippen molar-refractivity contribution >= 4 is 23.7 Å². The van der Waals surface area contributed by atoms with Gasteiger partial charge in [0.05, 0.1) is 32.2 Å². The van der Waals surface area contributed by atoms with Gasteiger partial charge in [-0.15, -0.1) is 0 Å². The predicted octanol–water partition coefficient (Wildman–Crippen LogP) is 3.71. The minimum atomic E-state index is -1.16. The Morgan fingerprint density at radius 2 is 1.65 bits per heavy atom. The molecule has 48 heavy (non-hydrogen) atoms. The lowest BCUT2D eigenvalue weighted by Crippen LogP contribution is -2.66. The fourth-order valence-electron chi connectivity index (χ4n) is 5.60. The molecule has 1 aliphatic heterocycles. The van der Waals surface area contributed by atoms with Gasteiger partial charge >= 0.3 is 5.97 Å². The van der Waals surface area contributed by atoms with Gasteiger partial charge in [-0.1, -0.05) is 49.4 Å². The first kappa shape index (κ1) is 33.8. The smallest absolute Gasteiger partial charge is 0.306 e. The van der Waals surface area contributed by atoms with Gasteiger partial charge in [-0.3, -0.25) is 19.2 Å². The van der Waals surface area contributed by atoms with Crippen molar-refractivity contribution in [3.8, 4) is 5.75 Å². The number of esters is 1. The zero-order valence-electron chi connectivity index (χ0n) is 26.8. The number of H-pyrrole nitrogens is 1. The molecular weight excluding hydrogens is 617 g/mol. The highest BCUT2D eigenvalue weighted by Crippen LogP contribution is 2.37. The number of methoxy groups -OCH3 is 1. The molecule has 12 heteroatoms. The SMILES string of the molecule is CCCC(=O)OC1(c2ccc(F)cc2)CN(C(=O)[C@H](Cc2ccc(OC)cc2)NC(=O)[C@H](Cc2c[nH]cn2)NC(=O)c2ccccc2)C1. The number of hydrogen-bond acceptors (Lipinski definition) is 7. The first-order valence-corrected chi connectivity index (χ1v) is 15.7. The Kier molecular flexibility index (Phi) is 10.8. The summed E-state index contributed by atoms with van der Waals surface area (Å²) in [5, 5.41) is 5.67. The number of rotatable bonds is 14. The highest BCUT2D eigenvalue weighted by molar-refractivity contribution is 5.98. The highest BCUT2D eigenvalue weighted by atomic mass is 19.1. The summed E-state index contributed by atoms with van der Waals surface area (Å²) in [6, 6.07) is 19.2. The van der Waals surface area contributed by atoms with Gasteiger partial charge in [0.15, 0.2) is 5.60 Å². The standard InChI is InChI=1S/C36H38FN5O6/c1-3-7-32(43)48-36(26-12-14-27(37)15-13-26)21-42(22-36)35(46)31(18-24-10-16-29(47-2)17-11-24)41-34(45)30(19-28-20-38-23-39-28)40-33(44)25-8-5-4-6-9-25/h4-6,8-17,20,23,30-31H,3,7,18-19,21-22H2,1-2H3,(H,38,39)(H,40,44)(H,41,45)/t30-,31-/m0/s1. The fourth-order valence-corrected chi connectivity index (χ4v) is 5.60. The predicted molar refractivity (Wildman–Crippen MR) is 174 cm³/mol. The minimum absolute atomic E-state index is 0.0172. The van der Waals surface area contributed by atoms with E-state index in [4.69, 9.17) is 9.47 Å². The van der Waals surface area contributed by atoms with E-state index >= 15 is 0 Å². The van der Waals surface area contributed by atoms with Crippen molar-refractivity contribution in [1.29, 1.82) is 0 Å². The van der Waals surface area contributed by atoms with E-state index in [2.05, 4.69) is 20.6 Å². The van der Waals surface area contributed by atoms with E-state index in [1.807, 2.05) is 6.92 Å². The molecular formula is C36H38FN5O6. The quantitative estimate of drug-likeness (QED) is 0.176. The van der Waals surface area contributed by atoms with Gasteiger partial charge in [-0.2, -0.15) is 0 Å². The summed E-state index contributed by atoms with van der Waals surface area (Å²) in [7, 11) is 1.55. The molecule has 5 rings (SSSR count). The summed E-state index contributed by atoms with van der Waals surface area (Å²) in [6.45, 7) is 1.89. The first-order valence-electron chi connectivity index (χ1n) is 15.7. The van der Waals surface area contributed by atoms with Crippen molar-refractivity contribution in [2.24, 2.45) is 0 Å². The molecule has 1 aromatic heterocycles. The average Bonchev–Trinajstić information content (AvgIpc) is 3.60. The molecule has 0 radical (unpaired) electrons. The third kappa shape index (κ3) is 8.24. The molecule has 2 atom stereocenters. The lowest BCUT2D eigenvalue weighted by atomic mass is 9.84. The minimum Gasteiger partial charge on any atom is -0.497 e. The number of halogens is 1. The van der Waals surface area contributed by atoms with E-state index in [1.54, 1.807) is 80.0 Å². The first-order chi connectivity index (χ1) is 23.2. The number of nitrogens with zero attached hydrogens (tertiary/aromatic N) is 2. The Balaban J connectivity index is 1.39. The monoisotopic (exact) mass is 655 g/mol. The molecule has 3 aromatic carbocycles. The second-order valence-electron chi connectivity index (χ2n) is 11.7. The lowest BCUT2D eigenvalue weighted by molar-refractivity contribution is -0.189. The van der Waals surface area contributed by atoms with E-state index in [0.29, 0.717) is 29.0 Å². The number of benzene rings is 3. The van der Waals surface area contributed by atoms with Crippen LogP contribution >= 0.6 is 0 Å². The molecule has 0 bridgehead atoms. The number of hydrogen-bond donors (Lipinski definition) is 3. The van der Waals surface area contributed by atoms with E-state index in [-0.39, 0.29) is 32.4 Å². The summed E-state index contributed by atoms with van der Waals surface area (Å²) in [4.78, 5) is 62.4. The van der Waals surface area contributed by atoms with E-state index < -0.39 is 47.2 Å². The number of likely N-dealkylation sites (tertiary alicyclic amines) is 1. The number of ether oxygens (including phenoxy) is 2. The number of amides is 3. The second kappa shape index (κ2) is 15.4. The molecule has 0 saturated carbocycles. The normalized spacial score (nSPS) is 14.6. The topological polar surface area (TPSA) is 143 Å². The third-order valence-electron chi connectivity index (χ3n) is 8.18. The molecule has 2 heterocycles. The molecule has 3 amide bonds. The van der Waals surface area contributed by atoms with Gasteiger partial charge in [0.25, 0.3) is 5.91 Å². The molecule has 1 saturated heterocycles. The molecule has 4 aromatic rings. The molecule has 250 valence electrons. The highest BCUT2D eigenvalue weighted by Gasteiger charge is 2.51. The second-order valence-corrected chi connectivity index (χ2v) is 11.7. The van der Waals surface area contributed by atoms with Crippen molar-refractivity contribution in [3.63, 3.8) is 0 Å². The maximum atomic E-state index is 14.1. The van der Waals surface area contributed by atoms with Gasteiger partial charge in [0.1, 0.15) is 23.7 Å². The Morgan fingerprint density at radius 1 is 0.938 bits per heavy atom.